The maximum atomic E-state index is 12.9. The Labute approximate surface area is 167 Å². The lowest BCUT2D eigenvalue weighted by molar-refractivity contribution is -0.117. The second kappa shape index (κ2) is 7.30. The number of amides is 1. The van der Waals surface area contributed by atoms with E-state index in [1.807, 2.05) is 0 Å². The average molecular weight is 419 g/mol. The van der Waals surface area contributed by atoms with Gasteiger partial charge in [0.2, 0.25) is 11.0 Å². The van der Waals surface area contributed by atoms with Crippen LogP contribution in [0.1, 0.15) is 47.2 Å². The minimum Gasteiger partial charge on any atom is -0.371 e. The summed E-state index contributed by atoms with van der Waals surface area (Å²) in [7, 11) is 0. The molecule has 0 spiro atoms. The first-order valence-corrected chi connectivity index (χ1v) is 11.0. The molecule has 4 heterocycles. The van der Waals surface area contributed by atoms with Crippen LogP contribution in [0.2, 0.25) is 0 Å². The van der Waals surface area contributed by atoms with Crippen LogP contribution >= 0.6 is 22.7 Å². The molecule has 0 radical (unpaired) electrons. The van der Waals surface area contributed by atoms with E-state index in [2.05, 4.69) is 25.8 Å². The number of rotatable bonds is 4. The van der Waals surface area contributed by atoms with Gasteiger partial charge in [-0.1, -0.05) is 16.6 Å². The van der Waals surface area contributed by atoms with Crippen molar-refractivity contribution in [1.82, 2.24) is 25.2 Å². The van der Waals surface area contributed by atoms with Crippen molar-refractivity contribution in [2.24, 2.45) is 0 Å². The number of aryl methyl sites for hydroxylation is 2. The molecular weight excluding hydrogens is 400 g/mol. The van der Waals surface area contributed by atoms with Crippen molar-refractivity contribution < 1.29 is 9.53 Å². The van der Waals surface area contributed by atoms with Gasteiger partial charge in [-0.05, 0) is 44.1 Å². The van der Waals surface area contributed by atoms with Crippen LogP contribution in [0, 0.1) is 0 Å². The number of nitrogens with zero attached hydrogens (tertiary/aromatic N) is 5. The number of nitrogens with one attached hydrogen (secondary N) is 1. The van der Waals surface area contributed by atoms with Gasteiger partial charge in [0.15, 0.2) is 4.83 Å². The third-order valence-corrected chi connectivity index (χ3v) is 7.14. The number of aromatic nitrogens is 5. The van der Waals surface area contributed by atoms with Gasteiger partial charge in [-0.2, -0.15) is 0 Å². The molecule has 1 atom stereocenters. The van der Waals surface area contributed by atoms with E-state index in [9.17, 15) is 9.59 Å². The Morgan fingerprint density at radius 3 is 2.93 bits per heavy atom. The van der Waals surface area contributed by atoms with Crippen LogP contribution in [-0.4, -0.2) is 37.7 Å². The van der Waals surface area contributed by atoms with Crippen LogP contribution in [0.15, 0.2) is 4.79 Å². The minimum absolute atomic E-state index is 0.0381. The molecule has 1 aliphatic heterocycles. The van der Waals surface area contributed by atoms with Crippen LogP contribution in [-0.2, 0) is 28.9 Å². The fraction of sp³-hybridized carbons (Fsp3) is 0.529. The number of thiophene rings is 1. The van der Waals surface area contributed by atoms with Gasteiger partial charge in [0.1, 0.15) is 17.7 Å². The molecule has 0 bridgehead atoms. The van der Waals surface area contributed by atoms with Crippen LogP contribution in [0.4, 0.5) is 5.13 Å². The van der Waals surface area contributed by atoms with E-state index in [-0.39, 0.29) is 24.1 Å². The van der Waals surface area contributed by atoms with Gasteiger partial charge in [-0.25, -0.2) is 4.68 Å². The molecule has 9 nitrogen and oxygen atoms in total. The van der Waals surface area contributed by atoms with Crippen molar-refractivity contribution in [3.05, 3.63) is 25.8 Å². The summed E-state index contributed by atoms with van der Waals surface area (Å²) in [6.45, 7) is 0.517. The fourth-order valence-electron chi connectivity index (χ4n) is 3.69. The highest BCUT2D eigenvalue weighted by Crippen LogP contribution is 2.33. The van der Waals surface area contributed by atoms with Gasteiger partial charge in [-0.3, -0.25) is 14.9 Å². The maximum Gasteiger partial charge on any atom is 0.279 e. The molecule has 11 heteroatoms. The smallest absolute Gasteiger partial charge is 0.279 e. The lowest BCUT2D eigenvalue weighted by Gasteiger charge is -2.10. The number of fused-ring (bicyclic) bond motifs is 3. The fourth-order valence-corrected chi connectivity index (χ4v) is 5.73. The third-order valence-electron chi connectivity index (χ3n) is 5.03. The Kier molecular flexibility index (Phi) is 4.65. The van der Waals surface area contributed by atoms with Crippen LogP contribution in [0.3, 0.4) is 0 Å². The predicted octanol–water partition coefficient (Wildman–Crippen LogP) is 2.07. The number of ether oxygens (including phenoxy) is 1. The van der Waals surface area contributed by atoms with E-state index in [0.717, 1.165) is 60.4 Å². The normalized spacial score (nSPS) is 19.1. The molecule has 1 aliphatic carbocycles. The van der Waals surface area contributed by atoms with E-state index in [1.54, 1.807) is 11.3 Å². The zero-order valence-electron chi connectivity index (χ0n) is 15.0. The summed E-state index contributed by atoms with van der Waals surface area (Å²) in [5.74, 6) is -0.380. The molecule has 3 aromatic rings. The quantitative estimate of drug-likeness (QED) is 0.690. The van der Waals surface area contributed by atoms with Gasteiger partial charge in [-0.15, -0.1) is 26.6 Å². The Morgan fingerprint density at radius 2 is 2.07 bits per heavy atom. The average Bonchev–Trinajstić information content (AvgIpc) is 3.42. The molecule has 28 heavy (non-hydrogen) atoms. The second-order valence-corrected chi connectivity index (χ2v) is 9.03. The molecule has 5 rings (SSSR count). The summed E-state index contributed by atoms with van der Waals surface area (Å²) < 4.78 is 6.71. The summed E-state index contributed by atoms with van der Waals surface area (Å²) in [6, 6.07) is 0. The van der Waals surface area contributed by atoms with Crippen LogP contribution in [0.5, 0.6) is 0 Å². The van der Waals surface area contributed by atoms with Crippen molar-refractivity contribution >= 4 is 43.9 Å². The predicted molar refractivity (Wildman–Crippen MR) is 105 cm³/mol. The van der Waals surface area contributed by atoms with Gasteiger partial charge in [0, 0.05) is 11.5 Å². The molecule has 1 saturated heterocycles. The van der Waals surface area contributed by atoms with Crippen molar-refractivity contribution in [2.75, 3.05) is 11.9 Å². The largest absolute Gasteiger partial charge is 0.371 e. The van der Waals surface area contributed by atoms with Crippen LogP contribution in [0.25, 0.3) is 10.2 Å². The number of hydrogen-bond donors (Lipinski definition) is 1. The number of hydrogen-bond acceptors (Lipinski definition) is 9. The van der Waals surface area contributed by atoms with Crippen molar-refractivity contribution in [3.8, 4) is 0 Å². The second-order valence-electron chi connectivity index (χ2n) is 6.94. The summed E-state index contributed by atoms with van der Waals surface area (Å²) in [5, 5.41) is 20.7. The molecule has 1 N–H and O–H groups in total. The molecule has 2 aliphatic rings. The summed E-state index contributed by atoms with van der Waals surface area (Å²) in [4.78, 5) is 27.2. The maximum absolute atomic E-state index is 12.9. The zero-order chi connectivity index (χ0) is 19.1. The van der Waals surface area contributed by atoms with E-state index >= 15 is 0 Å². The molecule has 1 unspecified atom stereocenters. The first kappa shape index (κ1) is 17.8. The summed E-state index contributed by atoms with van der Waals surface area (Å²) in [5.41, 5.74) is 0.836. The Bertz CT molecular complexity index is 1100. The Morgan fingerprint density at radius 1 is 1.18 bits per heavy atom. The van der Waals surface area contributed by atoms with Crippen molar-refractivity contribution in [2.45, 2.75) is 51.2 Å². The highest BCUT2D eigenvalue weighted by molar-refractivity contribution is 7.18. The lowest BCUT2D eigenvalue weighted by atomic mass is 9.97. The van der Waals surface area contributed by atoms with Gasteiger partial charge >= 0.3 is 0 Å². The number of carbonyl (C=O) groups is 1. The van der Waals surface area contributed by atoms with Gasteiger partial charge in [0.25, 0.3) is 5.56 Å². The molecule has 0 saturated carbocycles. The van der Waals surface area contributed by atoms with E-state index in [1.165, 1.54) is 16.2 Å². The minimum atomic E-state index is -0.380. The first-order valence-electron chi connectivity index (χ1n) is 9.32. The molecular formula is C17H18N6O3S2. The topological polar surface area (TPSA) is 112 Å². The molecule has 1 amide bonds. The van der Waals surface area contributed by atoms with Gasteiger partial charge < -0.3 is 4.74 Å². The number of anilines is 1. The number of carbonyl (C=O) groups excluding carboxylic acids is 1. The Balaban J connectivity index is 1.34. The standard InChI is InChI=1S/C17H18N6O3S2/c24-12(18-17-21-19-14(28-17)10-5-3-7-26-10)8-23-16(25)13-9-4-1-2-6-11(9)27-15(13)20-22-23/h10H,1-8H2,(H,18,21,24). The third kappa shape index (κ3) is 3.23. The first-order chi connectivity index (χ1) is 13.7. The van der Waals surface area contributed by atoms with Gasteiger partial charge in [0.05, 0.1) is 5.39 Å². The van der Waals surface area contributed by atoms with Crippen molar-refractivity contribution in [1.29, 1.82) is 0 Å². The van der Waals surface area contributed by atoms with E-state index in [0.29, 0.717) is 15.3 Å². The zero-order valence-corrected chi connectivity index (χ0v) is 16.6. The SMILES string of the molecule is O=C(Cn1nnc2sc3c(c2c1=O)CCCC3)Nc1nnc(C2CCCO2)s1. The van der Waals surface area contributed by atoms with E-state index < -0.39 is 0 Å². The highest BCUT2D eigenvalue weighted by atomic mass is 32.1. The van der Waals surface area contributed by atoms with Crippen molar-refractivity contribution in [3.63, 3.8) is 0 Å². The highest BCUT2D eigenvalue weighted by Gasteiger charge is 2.23. The molecule has 0 aromatic carbocycles. The van der Waals surface area contributed by atoms with Crippen LogP contribution < -0.4 is 10.9 Å². The summed E-state index contributed by atoms with van der Waals surface area (Å²) >= 11 is 2.84. The Hall–Kier alpha value is -2.24. The molecule has 1 fully saturated rings. The molecule has 146 valence electrons. The summed E-state index contributed by atoms with van der Waals surface area (Å²) in [6.07, 6.45) is 5.97. The lowest BCUT2D eigenvalue weighted by Crippen LogP contribution is -2.30. The molecule has 3 aromatic heterocycles. The monoisotopic (exact) mass is 418 g/mol. The van der Waals surface area contributed by atoms with E-state index in [4.69, 9.17) is 4.74 Å².